The van der Waals surface area contributed by atoms with Crippen LogP contribution in [-0.4, -0.2) is 44.7 Å². The smallest absolute Gasteiger partial charge is 0.287 e. The standard InChI is InChI=1S/C12H14N4O5/c1-3-14-5-8(16(20)21)4-9(14)12(19)15-6-10(17)13-11(18)7(15)2/h4-5,7H,3,6H2,1-2H3,(H,13,17,18). The molecule has 21 heavy (non-hydrogen) atoms. The molecule has 1 aromatic rings. The molecule has 1 aromatic heterocycles. The molecular formula is C12H14N4O5. The lowest BCUT2D eigenvalue weighted by Crippen LogP contribution is -2.58. The third-order valence-electron chi connectivity index (χ3n) is 3.34. The van der Waals surface area contributed by atoms with Gasteiger partial charge in [-0.15, -0.1) is 0 Å². The van der Waals surface area contributed by atoms with E-state index < -0.39 is 28.7 Å². The highest BCUT2D eigenvalue weighted by atomic mass is 16.6. The summed E-state index contributed by atoms with van der Waals surface area (Å²) in [7, 11) is 0. The van der Waals surface area contributed by atoms with Gasteiger partial charge in [-0.1, -0.05) is 0 Å². The van der Waals surface area contributed by atoms with Crippen LogP contribution < -0.4 is 5.32 Å². The quantitative estimate of drug-likeness (QED) is 0.475. The van der Waals surface area contributed by atoms with E-state index in [0.717, 1.165) is 11.0 Å². The second-order valence-corrected chi connectivity index (χ2v) is 4.65. The predicted octanol–water partition coefficient (Wildman–Crippen LogP) is -0.0967. The second-order valence-electron chi connectivity index (χ2n) is 4.65. The van der Waals surface area contributed by atoms with Gasteiger partial charge in [0.25, 0.3) is 11.6 Å². The maximum Gasteiger partial charge on any atom is 0.287 e. The molecule has 9 heteroatoms. The molecule has 0 aromatic carbocycles. The van der Waals surface area contributed by atoms with Crippen LogP contribution in [0.1, 0.15) is 24.3 Å². The van der Waals surface area contributed by atoms with E-state index in [2.05, 4.69) is 5.32 Å². The van der Waals surface area contributed by atoms with Crippen LogP contribution in [0.4, 0.5) is 5.69 Å². The summed E-state index contributed by atoms with van der Waals surface area (Å²) in [5.74, 6) is -1.72. The SMILES string of the molecule is CCn1cc([N+](=O)[O-])cc1C(=O)N1CC(=O)NC(=O)C1C. The van der Waals surface area contributed by atoms with Gasteiger partial charge in [-0.2, -0.15) is 0 Å². The molecule has 1 unspecified atom stereocenters. The minimum absolute atomic E-state index is 0.0820. The number of hydrogen-bond acceptors (Lipinski definition) is 5. The Morgan fingerprint density at radius 1 is 1.52 bits per heavy atom. The molecule has 0 spiro atoms. The molecule has 2 heterocycles. The lowest BCUT2D eigenvalue weighted by molar-refractivity contribution is -0.384. The van der Waals surface area contributed by atoms with Gasteiger partial charge in [0.05, 0.1) is 11.1 Å². The van der Waals surface area contributed by atoms with Crippen molar-refractivity contribution < 1.29 is 19.3 Å². The van der Waals surface area contributed by atoms with Gasteiger partial charge in [-0.25, -0.2) is 0 Å². The average Bonchev–Trinajstić information content (AvgIpc) is 2.86. The van der Waals surface area contributed by atoms with Crippen molar-refractivity contribution in [2.45, 2.75) is 26.4 Å². The van der Waals surface area contributed by atoms with Gasteiger partial charge >= 0.3 is 0 Å². The van der Waals surface area contributed by atoms with E-state index in [1.807, 2.05) is 0 Å². The van der Waals surface area contributed by atoms with E-state index in [-0.39, 0.29) is 17.9 Å². The van der Waals surface area contributed by atoms with Gasteiger partial charge in [0, 0.05) is 12.6 Å². The van der Waals surface area contributed by atoms with Crippen LogP contribution in [0.5, 0.6) is 0 Å². The molecule has 0 radical (unpaired) electrons. The minimum atomic E-state index is -0.811. The fourth-order valence-corrected chi connectivity index (χ4v) is 2.14. The Morgan fingerprint density at radius 3 is 2.76 bits per heavy atom. The maximum atomic E-state index is 12.5. The average molecular weight is 294 g/mol. The van der Waals surface area contributed by atoms with Crippen molar-refractivity contribution in [3.05, 3.63) is 28.1 Å². The first-order valence-electron chi connectivity index (χ1n) is 6.34. The Balaban J connectivity index is 2.37. The third-order valence-corrected chi connectivity index (χ3v) is 3.34. The van der Waals surface area contributed by atoms with Gasteiger partial charge in [-0.05, 0) is 13.8 Å². The fraction of sp³-hybridized carbons (Fsp3) is 0.417. The van der Waals surface area contributed by atoms with E-state index in [1.54, 1.807) is 6.92 Å². The van der Waals surface area contributed by atoms with Gasteiger partial charge in [0.2, 0.25) is 11.8 Å². The van der Waals surface area contributed by atoms with Crippen LogP contribution in [-0.2, 0) is 16.1 Å². The number of imide groups is 1. The van der Waals surface area contributed by atoms with Crippen molar-refractivity contribution in [3.63, 3.8) is 0 Å². The highest BCUT2D eigenvalue weighted by Crippen LogP contribution is 2.19. The number of nitrogens with one attached hydrogen (secondary N) is 1. The Kier molecular flexibility index (Phi) is 3.74. The van der Waals surface area contributed by atoms with Crippen molar-refractivity contribution in [2.75, 3.05) is 6.54 Å². The summed E-state index contributed by atoms with van der Waals surface area (Å²) < 4.78 is 1.42. The molecule has 1 N–H and O–H groups in total. The highest BCUT2D eigenvalue weighted by Gasteiger charge is 2.35. The van der Waals surface area contributed by atoms with Crippen LogP contribution in [0, 0.1) is 10.1 Å². The maximum absolute atomic E-state index is 12.5. The molecule has 1 atom stereocenters. The number of aromatic nitrogens is 1. The third kappa shape index (κ3) is 2.62. The first kappa shape index (κ1) is 14.7. The van der Waals surface area contributed by atoms with E-state index in [0.29, 0.717) is 6.54 Å². The number of nitrogens with zero attached hydrogens (tertiary/aromatic N) is 3. The number of hydrogen-bond donors (Lipinski definition) is 1. The summed E-state index contributed by atoms with van der Waals surface area (Å²) in [6.07, 6.45) is 1.25. The summed E-state index contributed by atoms with van der Waals surface area (Å²) in [5.41, 5.74) is -0.126. The Morgan fingerprint density at radius 2 is 2.19 bits per heavy atom. The number of carbonyl (C=O) groups excluding carboxylic acids is 3. The largest absolute Gasteiger partial charge is 0.337 e. The summed E-state index contributed by atoms with van der Waals surface area (Å²) in [6, 6.07) is 0.338. The molecule has 1 saturated heterocycles. The van der Waals surface area contributed by atoms with Crippen molar-refractivity contribution in [2.24, 2.45) is 0 Å². The molecule has 112 valence electrons. The number of nitro groups is 1. The Labute approximate surface area is 119 Å². The summed E-state index contributed by atoms with van der Waals surface area (Å²) in [4.78, 5) is 46.7. The van der Waals surface area contributed by atoms with Gasteiger partial charge in [-0.3, -0.25) is 29.8 Å². The van der Waals surface area contributed by atoms with Gasteiger partial charge in [0.15, 0.2) is 0 Å². The van der Waals surface area contributed by atoms with Crippen LogP contribution in [0.3, 0.4) is 0 Å². The van der Waals surface area contributed by atoms with E-state index in [1.165, 1.54) is 17.7 Å². The van der Waals surface area contributed by atoms with Gasteiger partial charge in [0.1, 0.15) is 18.3 Å². The van der Waals surface area contributed by atoms with Crippen molar-refractivity contribution in [3.8, 4) is 0 Å². The summed E-state index contributed by atoms with van der Waals surface area (Å²) in [6.45, 7) is 3.33. The summed E-state index contributed by atoms with van der Waals surface area (Å²) >= 11 is 0. The fourth-order valence-electron chi connectivity index (χ4n) is 2.14. The molecule has 0 bridgehead atoms. The first-order valence-corrected chi connectivity index (χ1v) is 6.34. The van der Waals surface area contributed by atoms with Crippen LogP contribution in [0.2, 0.25) is 0 Å². The van der Waals surface area contributed by atoms with Crippen LogP contribution >= 0.6 is 0 Å². The normalized spacial score (nSPS) is 18.6. The van der Waals surface area contributed by atoms with Gasteiger partial charge < -0.3 is 9.47 Å². The number of carbonyl (C=O) groups is 3. The lowest BCUT2D eigenvalue weighted by Gasteiger charge is -2.31. The minimum Gasteiger partial charge on any atom is -0.337 e. The number of amides is 3. The highest BCUT2D eigenvalue weighted by molar-refractivity contribution is 6.06. The lowest BCUT2D eigenvalue weighted by atomic mass is 10.2. The molecule has 1 fully saturated rings. The molecule has 2 rings (SSSR count). The molecule has 1 aliphatic rings. The Hall–Kier alpha value is -2.71. The zero-order chi connectivity index (χ0) is 15.7. The molecule has 1 aliphatic heterocycles. The predicted molar refractivity (Wildman–Crippen MR) is 70.4 cm³/mol. The van der Waals surface area contributed by atoms with Crippen molar-refractivity contribution in [1.29, 1.82) is 0 Å². The molecule has 3 amide bonds. The topological polar surface area (TPSA) is 115 Å². The van der Waals surface area contributed by atoms with Crippen molar-refractivity contribution in [1.82, 2.24) is 14.8 Å². The monoisotopic (exact) mass is 294 g/mol. The molecular weight excluding hydrogens is 280 g/mol. The Bertz CT molecular complexity index is 636. The summed E-state index contributed by atoms with van der Waals surface area (Å²) in [5, 5.41) is 12.9. The van der Waals surface area contributed by atoms with E-state index in [9.17, 15) is 24.5 Å². The first-order chi connectivity index (χ1) is 9.85. The zero-order valence-corrected chi connectivity index (χ0v) is 11.5. The molecule has 9 nitrogen and oxygen atoms in total. The number of piperazine rings is 1. The second kappa shape index (κ2) is 5.35. The van der Waals surface area contributed by atoms with Crippen LogP contribution in [0.25, 0.3) is 0 Å². The molecule has 0 saturated carbocycles. The van der Waals surface area contributed by atoms with Crippen LogP contribution in [0.15, 0.2) is 12.3 Å². The van der Waals surface area contributed by atoms with E-state index >= 15 is 0 Å². The molecule has 0 aliphatic carbocycles. The van der Waals surface area contributed by atoms with E-state index in [4.69, 9.17) is 0 Å². The van der Waals surface area contributed by atoms with Crippen molar-refractivity contribution >= 4 is 23.4 Å². The number of rotatable bonds is 3. The number of aryl methyl sites for hydroxylation is 1. The zero-order valence-electron chi connectivity index (χ0n) is 11.5.